The Kier molecular flexibility index (Phi) is 34.0. The fourth-order valence-electron chi connectivity index (χ4n) is 7.23. The lowest BCUT2D eigenvalue weighted by Gasteiger charge is -2.21. The van der Waals surface area contributed by atoms with Crippen molar-refractivity contribution >= 4 is 33.4 Å². The van der Waals surface area contributed by atoms with Gasteiger partial charge in [-0.2, -0.15) is 9.29 Å². The van der Waals surface area contributed by atoms with Crippen LogP contribution in [0.3, 0.4) is 0 Å². The maximum Gasteiger partial charge on any atom is 0.481 e. The van der Waals surface area contributed by atoms with E-state index in [9.17, 15) is 53.7 Å². The third kappa shape index (κ3) is 30.5. The van der Waals surface area contributed by atoms with Crippen molar-refractivity contribution in [2.24, 2.45) is 0 Å². The Hall–Kier alpha value is -3.62. The van der Waals surface area contributed by atoms with Crippen LogP contribution >= 0.6 is 15.6 Å². The van der Waals surface area contributed by atoms with Gasteiger partial charge in [-0.3, -0.25) is 23.2 Å². The maximum absolute atomic E-state index is 12.9. The number of allylic oxidation sites excluding steroid dienone is 8. The third-order valence-electron chi connectivity index (χ3n) is 11.3. The zero-order chi connectivity index (χ0) is 53.0. The minimum atomic E-state index is -5.47. The zero-order valence-electron chi connectivity index (χ0n) is 42.2. The number of unbranched alkanes of at least 4 members (excludes halogenated alkanes) is 13. The second kappa shape index (κ2) is 38.0. The van der Waals surface area contributed by atoms with E-state index in [1.165, 1.54) is 31.7 Å². The first-order valence-corrected chi connectivity index (χ1v) is 28.5. The summed E-state index contributed by atoms with van der Waals surface area (Å²) in [5, 5.41) is 41.2. The average molecular weight is 1060 g/mol. The molecule has 22 heteroatoms. The molecule has 0 radical (unpaired) electrons. The van der Waals surface area contributed by atoms with E-state index in [-0.39, 0.29) is 31.5 Å². The van der Waals surface area contributed by atoms with E-state index in [2.05, 4.69) is 35.3 Å². The summed E-state index contributed by atoms with van der Waals surface area (Å²) in [6.07, 6.45) is 29.3. The van der Waals surface area contributed by atoms with Crippen LogP contribution < -0.4 is 11.4 Å². The van der Waals surface area contributed by atoms with Gasteiger partial charge in [0, 0.05) is 19.0 Å². The van der Waals surface area contributed by atoms with Crippen molar-refractivity contribution in [3.8, 4) is 0 Å². The highest BCUT2D eigenvalue weighted by Crippen LogP contribution is 2.60. The molecule has 1 fully saturated rings. The van der Waals surface area contributed by atoms with Crippen LogP contribution in [-0.4, -0.2) is 108 Å². The quantitative estimate of drug-likeness (QED) is 0.0107. The first-order chi connectivity index (χ1) is 34.5. The van der Waals surface area contributed by atoms with Gasteiger partial charge in [0.05, 0.1) is 25.4 Å². The molecule has 1 aromatic rings. The molecule has 1 saturated heterocycles. The summed E-state index contributed by atoms with van der Waals surface area (Å²) >= 11 is 0. The number of anilines is 1. The smallest absolute Gasteiger partial charge is 0.462 e. The highest BCUT2D eigenvalue weighted by Gasteiger charge is 2.46. The van der Waals surface area contributed by atoms with Gasteiger partial charge in [-0.25, -0.2) is 13.9 Å². The number of hydrogen-bond donors (Lipinski definition) is 7. The fourth-order valence-corrected chi connectivity index (χ4v) is 9.34. The number of rotatable bonds is 41. The number of phosphoric acid groups is 2. The highest BCUT2D eigenvalue weighted by atomic mass is 31.3. The van der Waals surface area contributed by atoms with Crippen LogP contribution in [0.25, 0.3) is 0 Å². The Labute approximate surface area is 425 Å². The summed E-state index contributed by atoms with van der Waals surface area (Å²) in [7, 11) is -10.9. The summed E-state index contributed by atoms with van der Waals surface area (Å²) in [6, 6.07) is 1.23. The summed E-state index contributed by atoms with van der Waals surface area (Å²) in [6.45, 7) is 1.81. The van der Waals surface area contributed by atoms with Gasteiger partial charge in [-0.05, 0) is 63.9 Å². The molecule has 410 valence electrons. The van der Waals surface area contributed by atoms with Crippen molar-refractivity contribution in [2.75, 3.05) is 25.6 Å². The van der Waals surface area contributed by atoms with Crippen LogP contribution in [-0.2, 0) is 46.3 Å². The third-order valence-corrected chi connectivity index (χ3v) is 13.9. The van der Waals surface area contributed by atoms with Crippen LogP contribution in [0, 0.1) is 0 Å². The summed E-state index contributed by atoms with van der Waals surface area (Å²) in [5.41, 5.74) is 4.56. The molecular formula is C50H83N3O17P2. The second-order valence-electron chi connectivity index (χ2n) is 17.7. The molecule has 0 aromatic carbocycles. The Morgan fingerprint density at radius 3 is 1.92 bits per heavy atom. The largest absolute Gasteiger partial charge is 0.481 e. The van der Waals surface area contributed by atoms with Gasteiger partial charge >= 0.3 is 33.3 Å². The van der Waals surface area contributed by atoms with Gasteiger partial charge in [0.2, 0.25) is 0 Å². The summed E-state index contributed by atoms with van der Waals surface area (Å²) < 4.78 is 56.6. The molecule has 2 rings (SSSR count). The van der Waals surface area contributed by atoms with Gasteiger partial charge in [0.25, 0.3) is 0 Å². The highest BCUT2D eigenvalue weighted by molar-refractivity contribution is 7.61. The number of phosphoric ester groups is 2. The van der Waals surface area contributed by atoms with E-state index in [0.717, 1.165) is 87.8 Å². The minimum absolute atomic E-state index is 0.00646. The Balaban J connectivity index is 1.87. The number of ether oxygens (including phenoxy) is 3. The van der Waals surface area contributed by atoms with Crippen molar-refractivity contribution < 1.29 is 76.5 Å². The SMILES string of the molecule is CCCCCC/C=C\CCCCCCCCCC(=O)O[C@H](COC(=O)CCC[C@@H](O)/C=C/C=C\C/C=C\C=C\[C@@H](O)CCCCC)COP(=O)(O)OP(=O)(O)OC[C@H]1O[C@@H](n2ccc(N)nc2=O)[C@H](O)[C@@H]1O. The van der Waals surface area contributed by atoms with Gasteiger partial charge in [-0.15, -0.1) is 0 Å². The van der Waals surface area contributed by atoms with E-state index < -0.39 is 95.9 Å². The van der Waals surface area contributed by atoms with Crippen LogP contribution in [0.15, 0.2) is 77.8 Å². The number of aliphatic hydroxyl groups excluding tert-OH is 4. The lowest BCUT2D eigenvalue weighted by molar-refractivity contribution is -0.161. The lowest BCUT2D eigenvalue weighted by atomic mass is 10.1. The Bertz CT molecular complexity index is 1980. The zero-order valence-corrected chi connectivity index (χ0v) is 44.0. The Morgan fingerprint density at radius 2 is 1.29 bits per heavy atom. The topological polar surface area (TPSA) is 306 Å². The molecule has 0 aliphatic carbocycles. The number of aliphatic hydroxyl groups is 4. The molecule has 0 amide bonds. The predicted octanol–water partition coefficient (Wildman–Crippen LogP) is 8.28. The molecule has 1 aliphatic heterocycles. The average Bonchev–Trinajstić information content (AvgIpc) is 3.60. The number of nitrogens with zero attached hydrogens (tertiary/aromatic N) is 2. The molecule has 1 aromatic heterocycles. The molecule has 72 heavy (non-hydrogen) atoms. The molecular weight excluding hydrogens is 977 g/mol. The number of hydrogen-bond acceptors (Lipinski definition) is 17. The van der Waals surface area contributed by atoms with E-state index >= 15 is 0 Å². The van der Waals surface area contributed by atoms with Crippen molar-refractivity contribution in [3.63, 3.8) is 0 Å². The minimum Gasteiger partial charge on any atom is -0.462 e. The van der Waals surface area contributed by atoms with E-state index in [1.807, 2.05) is 24.3 Å². The first-order valence-electron chi connectivity index (χ1n) is 25.5. The van der Waals surface area contributed by atoms with Gasteiger partial charge in [0.1, 0.15) is 30.7 Å². The lowest BCUT2D eigenvalue weighted by Crippen LogP contribution is -2.36. The second-order valence-corrected chi connectivity index (χ2v) is 20.8. The standard InChI is InChI=1S/C50H83N3O17P2/c1-3-5-7-8-9-10-11-12-13-14-15-16-20-23-27-33-46(57)68-42(37-65-45(56)34-28-32-41(55)31-26-22-19-17-18-21-25-30-40(54)29-24-6-4-2)38-66-71(61,62)70-72(63,64)67-39-43-47(58)48(59)49(69-43)53-36-35-44(51)52-50(53)60/h10-11,18-19,21-22,25-26,30-31,35-36,40-43,47-49,54-55,58-59H,3-9,12-17,20,23-24,27-29,32-34,37-39H2,1-2H3,(H,61,62)(H,63,64)(H2,51,52,60)/b11-10-,21-18-,22-19-,30-25+,31-26+/t40-,41-,42+,43+,47+,48+,49+/m0/s1. The molecule has 20 nitrogen and oxygen atoms in total. The van der Waals surface area contributed by atoms with Crippen LogP contribution in [0.5, 0.6) is 0 Å². The number of carbonyl (C=O) groups is 2. The molecule has 0 spiro atoms. The number of nitrogens with two attached hydrogens (primary N) is 1. The van der Waals surface area contributed by atoms with Crippen molar-refractivity contribution in [3.05, 3.63) is 83.5 Å². The van der Waals surface area contributed by atoms with E-state index in [4.69, 9.17) is 29.0 Å². The van der Waals surface area contributed by atoms with E-state index in [1.54, 1.807) is 24.3 Å². The number of carbonyl (C=O) groups excluding carboxylic acids is 2. The number of nitrogen functional groups attached to an aromatic ring is 1. The maximum atomic E-state index is 12.9. The van der Waals surface area contributed by atoms with Crippen molar-refractivity contribution in [2.45, 2.75) is 198 Å². The fraction of sp³-hybridized carbons (Fsp3) is 0.680. The molecule has 2 unspecified atom stereocenters. The monoisotopic (exact) mass is 1060 g/mol. The van der Waals surface area contributed by atoms with Crippen LogP contribution in [0.1, 0.15) is 161 Å². The number of esters is 2. The molecule has 8 N–H and O–H groups in total. The van der Waals surface area contributed by atoms with E-state index in [0.29, 0.717) is 12.8 Å². The number of aromatic nitrogens is 2. The van der Waals surface area contributed by atoms with Gasteiger partial charge < -0.3 is 50.2 Å². The van der Waals surface area contributed by atoms with Crippen LogP contribution in [0.2, 0.25) is 0 Å². The molecule has 9 atom stereocenters. The Morgan fingerprint density at radius 1 is 0.736 bits per heavy atom. The predicted molar refractivity (Wildman–Crippen MR) is 273 cm³/mol. The molecule has 1 aliphatic rings. The van der Waals surface area contributed by atoms with Crippen molar-refractivity contribution in [1.29, 1.82) is 0 Å². The van der Waals surface area contributed by atoms with Gasteiger partial charge in [-0.1, -0.05) is 145 Å². The first kappa shape index (κ1) is 64.5. The molecule has 2 heterocycles. The van der Waals surface area contributed by atoms with Crippen molar-refractivity contribution in [1.82, 2.24) is 9.55 Å². The summed E-state index contributed by atoms with van der Waals surface area (Å²) in [5.74, 6) is -1.55. The molecule has 0 bridgehead atoms. The summed E-state index contributed by atoms with van der Waals surface area (Å²) in [4.78, 5) is 61.9. The molecule has 0 saturated carbocycles. The van der Waals surface area contributed by atoms with Crippen LogP contribution in [0.4, 0.5) is 5.82 Å². The van der Waals surface area contributed by atoms with Gasteiger partial charge in [0.15, 0.2) is 12.3 Å². The normalized spacial score (nSPS) is 20.4.